The normalized spacial score (nSPS) is 16.7. The van der Waals surface area contributed by atoms with Gasteiger partial charge in [0.05, 0.1) is 0 Å². The molecule has 0 radical (unpaired) electrons. The van der Waals surface area contributed by atoms with Crippen molar-refractivity contribution in [3.05, 3.63) is 53.7 Å². The van der Waals surface area contributed by atoms with Crippen molar-refractivity contribution in [1.29, 1.82) is 0 Å². The van der Waals surface area contributed by atoms with Gasteiger partial charge in [-0.25, -0.2) is 9.79 Å². The maximum absolute atomic E-state index is 11.6. The molecule has 21 heavy (non-hydrogen) atoms. The van der Waals surface area contributed by atoms with E-state index >= 15 is 0 Å². The van der Waals surface area contributed by atoms with E-state index in [1.165, 1.54) is 0 Å². The van der Waals surface area contributed by atoms with Crippen molar-refractivity contribution in [2.75, 3.05) is 0 Å². The molecule has 2 aromatic carbocycles. The van der Waals surface area contributed by atoms with Crippen LogP contribution in [0.5, 0.6) is 0 Å². The number of para-hydroxylation sites is 1. The number of aliphatic imine (C=N–C) groups is 1. The molecule has 0 fully saturated rings. The minimum absolute atomic E-state index is 0.319. The zero-order chi connectivity index (χ0) is 14.4. The maximum atomic E-state index is 11.6. The van der Waals surface area contributed by atoms with Gasteiger partial charge < -0.3 is 9.15 Å². The number of hydrogen-bond acceptors (Lipinski definition) is 4. The Balaban J connectivity index is 1.89. The lowest BCUT2D eigenvalue weighted by molar-refractivity contribution is -0.130. The molecule has 1 aromatic heterocycles. The van der Waals surface area contributed by atoms with Crippen LogP contribution in [0.4, 0.5) is 0 Å². The second kappa shape index (κ2) is 4.31. The van der Waals surface area contributed by atoms with Crippen molar-refractivity contribution in [2.24, 2.45) is 4.99 Å². The number of carbonyl (C=O) groups excluding carboxylic acids is 1. The van der Waals surface area contributed by atoms with Gasteiger partial charge in [0.25, 0.3) is 0 Å². The summed E-state index contributed by atoms with van der Waals surface area (Å²) in [7, 11) is 0. The second-order valence-corrected chi connectivity index (χ2v) is 4.90. The summed E-state index contributed by atoms with van der Waals surface area (Å²) in [5, 5.41) is 2.08. The van der Waals surface area contributed by atoms with Crippen LogP contribution in [-0.4, -0.2) is 11.9 Å². The third-order valence-electron chi connectivity index (χ3n) is 3.43. The Morgan fingerprint density at radius 2 is 1.86 bits per heavy atom. The molecule has 0 N–H and O–H groups in total. The van der Waals surface area contributed by atoms with Crippen molar-refractivity contribution in [1.82, 2.24) is 0 Å². The van der Waals surface area contributed by atoms with Gasteiger partial charge in [-0.3, -0.25) is 0 Å². The highest BCUT2D eigenvalue weighted by Gasteiger charge is 2.19. The summed E-state index contributed by atoms with van der Waals surface area (Å²) in [5.74, 6) is -0.0364. The largest absolute Gasteiger partial charge is 0.456 e. The summed E-state index contributed by atoms with van der Waals surface area (Å²) >= 11 is 0. The molecule has 1 aliphatic heterocycles. The van der Waals surface area contributed by atoms with Gasteiger partial charge in [-0.15, -0.1) is 0 Å². The third kappa shape index (κ3) is 1.92. The van der Waals surface area contributed by atoms with Gasteiger partial charge in [0.1, 0.15) is 11.2 Å². The van der Waals surface area contributed by atoms with Crippen molar-refractivity contribution in [3.8, 4) is 0 Å². The minimum Gasteiger partial charge on any atom is -0.456 e. The molecule has 3 aromatic rings. The van der Waals surface area contributed by atoms with Gasteiger partial charge in [-0.1, -0.05) is 24.3 Å². The van der Waals surface area contributed by atoms with Crippen LogP contribution in [0.15, 0.2) is 57.6 Å². The number of ether oxygens (including phenoxy) is 1. The first-order chi connectivity index (χ1) is 10.2. The maximum Gasteiger partial charge on any atom is 0.363 e. The smallest absolute Gasteiger partial charge is 0.363 e. The van der Waals surface area contributed by atoms with Crippen LogP contribution in [0.2, 0.25) is 0 Å². The zero-order valence-electron chi connectivity index (χ0n) is 11.3. The summed E-state index contributed by atoms with van der Waals surface area (Å²) in [6.07, 6.45) is 1.72. The molecule has 4 nitrogen and oxygen atoms in total. The Morgan fingerprint density at radius 1 is 1.05 bits per heavy atom. The van der Waals surface area contributed by atoms with Gasteiger partial charge in [-0.05, 0) is 29.8 Å². The Morgan fingerprint density at radius 3 is 2.67 bits per heavy atom. The first-order valence-corrected chi connectivity index (χ1v) is 6.61. The van der Waals surface area contributed by atoms with Crippen molar-refractivity contribution in [2.45, 2.75) is 6.92 Å². The van der Waals surface area contributed by atoms with E-state index in [0.29, 0.717) is 11.6 Å². The van der Waals surface area contributed by atoms with Crippen molar-refractivity contribution in [3.63, 3.8) is 0 Å². The summed E-state index contributed by atoms with van der Waals surface area (Å²) in [6, 6.07) is 13.7. The molecule has 0 saturated carbocycles. The average molecular weight is 277 g/mol. The number of nitrogens with zero attached hydrogens (tertiary/aromatic N) is 1. The van der Waals surface area contributed by atoms with E-state index in [0.717, 1.165) is 27.5 Å². The molecule has 0 unspecified atom stereocenters. The van der Waals surface area contributed by atoms with Crippen LogP contribution < -0.4 is 0 Å². The molecular weight excluding hydrogens is 266 g/mol. The number of esters is 1. The molecule has 0 amide bonds. The number of furan rings is 1. The fourth-order valence-corrected chi connectivity index (χ4v) is 2.51. The highest BCUT2D eigenvalue weighted by atomic mass is 16.6. The van der Waals surface area contributed by atoms with E-state index in [-0.39, 0.29) is 0 Å². The molecule has 0 spiro atoms. The van der Waals surface area contributed by atoms with E-state index in [1.54, 1.807) is 13.0 Å². The summed E-state index contributed by atoms with van der Waals surface area (Å²) in [4.78, 5) is 15.7. The SMILES string of the molecule is CC1=NC(=Cc2ccc3oc4ccccc4c3c2)C(=O)O1. The van der Waals surface area contributed by atoms with Gasteiger partial charge in [0.2, 0.25) is 0 Å². The number of carbonyl (C=O) groups is 1. The first kappa shape index (κ1) is 11.9. The van der Waals surface area contributed by atoms with E-state index < -0.39 is 5.97 Å². The topological polar surface area (TPSA) is 51.8 Å². The molecule has 0 bridgehead atoms. The molecule has 102 valence electrons. The Kier molecular flexibility index (Phi) is 2.44. The van der Waals surface area contributed by atoms with Crippen LogP contribution in [0.1, 0.15) is 12.5 Å². The summed E-state index contributed by atoms with van der Waals surface area (Å²) in [6.45, 7) is 1.66. The lowest BCUT2D eigenvalue weighted by Gasteiger charge is -1.95. The second-order valence-electron chi connectivity index (χ2n) is 4.90. The average Bonchev–Trinajstić information content (AvgIpc) is 2.99. The first-order valence-electron chi connectivity index (χ1n) is 6.61. The van der Waals surface area contributed by atoms with Gasteiger partial charge >= 0.3 is 5.97 Å². The Hall–Kier alpha value is -2.88. The molecule has 0 aliphatic carbocycles. The van der Waals surface area contributed by atoms with Crippen LogP contribution in [0, 0.1) is 0 Å². The van der Waals surface area contributed by atoms with Crippen LogP contribution in [0.3, 0.4) is 0 Å². The van der Waals surface area contributed by atoms with E-state index in [1.807, 2.05) is 42.5 Å². The molecular formula is C17H11NO3. The monoisotopic (exact) mass is 277 g/mol. The zero-order valence-corrected chi connectivity index (χ0v) is 11.3. The number of hydrogen-bond donors (Lipinski definition) is 0. The predicted molar refractivity (Wildman–Crippen MR) is 80.9 cm³/mol. The minimum atomic E-state index is -0.412. The van der Waals surface area contributed by atoms with Crippen LogP contribution >= 0.6 is 0 Å². The highest BCUT2D eigenvalue weighted by molar-refractivity contribution is 6.08. The molecule has 2 heterocycles. The third-order valence-corrected chi connectivity index (χ3v) is 3.43. The number of cyclic esters (lactones) is 1. The number of rotatable bonds is 1. The summed E-state index contributed by atoms with van der Waals surface area (Å²) < 4.78 is 10.7. The number of fused-ring (bicyclic) bond motifs is 3. The molecule has 4 rings (SSSR count). The Labute approximate surface area is 120 Å². The van der Waals surface area contributed by atoms with Crippen molar-refractivity contribution >= 4 is 39.9 Å². The van der Waals surface area contributed by atoms with Crippen LogP contribution in [0.25, 0.3) is 28.0 Å². The van der Waals surface area contributed by atoms with E-state index in [9.17, 15) is 4.79 Å². The van der Waals surface area contributed by atoms with Gasteiger partial charge in [0.15, 0.2) is 11.6 Å². The molecule has 0 atom stereocenters. The molecule has 0 saturated heterocycles. The number of benzene rings is 2. The van der Waals surface area contributed by atoms with E-state index in [4.69, 9.17) is 9.15 Å². The predicted octanol–water partition coefficient (Wildman–Crippen LogP) is 3.90. The van der Waals surface area contributed by atoms with E-state index in [2.05, 4.69) is 4.99 Å². The van der Waals surface area contributed by atoms with Gasteiger partial charge in [0, 0.05) is 17.7 Å². The standard InChI is InChI=1S/C17H11NO3/c1-10-18-14(17(19)20-10)9-11-6-7-16-13(8-11)12-4-2-3-5-15(12)21-16/h2-9H,1H3. The lowest BCUT2D eigenvalue weighted by Crippen LogP contribution is -1.99. The molecule has 4 heteroatoms. The quantitative estimate of drug-likeness (QED) is 0.500. The lowest BCUT2D eigenvalue weighted by atomic mass is 10.1. The van der Waals surface area contributed by atoms with Crippen LogP contribution in [-0.2, 0) is 9.53 Å². The van der Waals surface area contributed by atoms with Crippen molar-refractivity contribution < 1.29 is 13.9 Å². The molecule has 1 aliphatic rings. The fourth-order valence-electron chi connectivity index (χ4n) is 2.51. The van der Waals surface area contributed by atoms with Gasteiger partial charge in [-0.2, -0.15) is 0 Å². The fraction of sp³-hybridized carbons (Fsp3) is 0.0588. The Bertz CT molecular complexity index is 947. The summed E-state index contributed by atoms with van der Waals surface area (Å²) in [5.41, 5.74) is 2.89. The highest BCUT2D eigenvalue weighted by Crippen LogP contribution is 2.30.